The number of hydrogen-bond acceptors (Lipinski definition) is 6. The first-order valence-corrected chi connectivity index (χ1v) is 8.80. The summed E-state index contributed by atoms with van der Waals surface area (Å²) in [4.78, 5) is 21.0. The van der Waals surface area contributed by atoms with Gasteiger partial charge in [0.1, 0.15) is 0 Å². The summed E-state index contributed by atoms with van der Waals surface area (Å²) in [5.74, 6) is 1.35. The van der Waals surface area contributed by atoms with Gasteiger partial charge in [0, 0.05) is 32.6 Å². The van der Waals surface area contributed by atoms with E-state index in [0.717, 1.165) is 39.0 Å². The van der Waals surface area contributed by atoms with Gasteiger partial charge in [-0.2, -0.15) is 4.98 Å². The molecule has 1 amide bonds. The Morgan fingerprint density at radius 2 is 2.00 bits per heavy atom. The van der Waals surface area contributed by atoms with Crippen LogP contribution in [-0.2, 0) is 24.3 Å². The van der Waals surface area contributed by atoms with Crippen molar-refractivity contribution in [1.29, 1.82) is 0 Å². The van der Waals surface area contributed by atoms with Gasteiger partial charge >= 0.3 is 0 Å². The van der Waals surface area contributed by atoms with E-state index in [4.69, 9.17) is 10.3 Å². The lowest BCUT2D eigenvalue weighted by atomic mass is 10.1. The topological polar surface area (TPSA) is 88.5 Å². The van der Waals surface area contributed by atoms with Crippen molar-refractivity contribution >= 4 is 5.91 Å². The third-order valence-electron chi connectivity index (χ3n) is 4.46. The molecule has 1 aliphatic heterocycles. The van der Waals surface area contributed by atoms with Crippen molar-refractivity contribution in [3.05, 3.63) is 47.6 Å². The molecule has 0 aliphatic carbocycles. The van der Waals surface area contributed by atoms with E-state index in [1.165, 1.54) is 5.56 Å². The van der Waals surface area contributed by atoms with Gasteiger partial charge in [0.25, 0.3) is 0 Å². The van der Waals surface area contributed by atoms with Crippen LogP contribution >= 0.6 is 0 Å². The minimum absolute atomic E-state index is 0.232. The van der Waals surface area contributed by atoms with Crippen LogP contribution in [0.2, 0.25) is 0 Å². The molecule has 134 valence electrons. The number of amides is 1. The second kappa shape index (κ2) is 8.73. The summed E-state index contributed by atoms with van der Waals surface area (Å²) in [5, 5.41) is 3.94. The Bertz CT molecular complexity index is 673. The fourth-order valence-electron chi connectivity index (χ4n) is 3.07. The van der Waals surface area contributed by atoms with Crippen molar-refractivity contribution in [2.24, 2.45) is 5.73 Å². The molecule has 0 saturated carbocycles. The van der Waals surface area contributed by atoms with Crippen LogP contribution in [0.1, 0.15) is 30.1 Å². The summed E-state index contributed by atoms with van der Waals surface area (Å²) >= 11 is 0. The summed E-state index contributed by atoms with van der Waals surface area (Å²) in [6.45, 7) is 4.20. The number of benzene rings is 1. The second-order valence-corrected chi connectivity index (χ2v) is 6.30. The van der Waals surface area contributed by atoms with Gasteiger partial charge in [-0.05, 0) is 18.4 Å². The van der Waals surface area contributed by atoms with Gasteiger partial charge < -0.3 is 15.2 Å². The highest BCUT2D eigenvalue weighted by atomic mass is 16.5. The zero-order chi connectivity index (χ0) is 17.5. The lowest BCUT2D eigenvalue weighted by Gasteiger charge is -2.21. The number of carbonyl (C=O) groups excluding carboxylic acids is 1. The smallest absolute Gasteiger partial charge is 0.240 e. The van der Waals surface area contributed by atoms with Gasteiger partial charge in [-0.15, -0.1) is 0 Å². The normalized spacial score (nSPS) is 16.0. The maximum atomic E-state index is 12.5. The first-order chi connectivity index (χ1) is 12.2. The van der Waals surface area contributed by atoms with Crippen molar-refractivity contribution in [3.63, 3.8) is 0 Å². The number of rotatable bonds is 6. The van der Waals surface area contributed by atoms with Crippen LogP contribution in [0.25, 0.3) is 0 Å². The zero-order valence-electron chi connectivity index (χ0n) is 14.4. The van der Waals surface area contributed by atoms with Gasteiger partial charge in [-0.3, -0.25) is 9.69 Å². The minimum Gasteiger partial charge on any atom is -0.341 e. The van der Waals surface area contributed by atoms with E-state index in [9.17, 15) is 4.79 Å². The predicted octanol–water partition coefficient (Wildman–Crippen LogP) is 1.20. The molecule has 1 aliphatic rings. The number of nitrogens with two attached hydrogens (primary N) is 1. The van der Waals surface area contributed by atoms with Crippen LogP contribution in [0.15, 0.2) is 34.9 Å². The summed E-state index contributed by atoms with van der Waals surface area (Å²) in [6.07, 6.45) is 2.32. The highest BCUT2D eigenvalue weighted by Crippen LogP contribution is 2.10. The average Bonchev–Trinajstić information content (AvgIpc) is 2.97. The molecule has 1 saturated heterocycles. The molecular formula is C18H25N5O2. The van der Waals surface area contributed by atoms with Crippen LogP contribution in [-0.4, -0.2) is 52.0 Å². The van der Waals surface area contributed by atoms with Crippen molar-refractivity contribution in [3.8, 4) is 0 Å². The molecular weight excluding hydrogens is 318 g/mol. The number of aryl methyl sites for hydroxylation is 1. The zero-order valence-corrected chi connectivity index (χ0v) is 14.4. The SMILES string of the molecule is NCc1nc(CN2CCCN(C(=O)CCc3ccccc3)CC2)no1. The molecule has 3 rings (SSSR count). The third kappa shape index (κ3) is 5.11. The molecule has 0 bridgehead atoms. The average molecular weight is 343 g/mol. The summed E-state index contributed by atoms with van der Waals surface area (Å²) < 4.78 is 5.04. The number of aromatic nitrogens is 2. The Hall–Kier alpha value is -2.25. The molecule has 7 heteroatoms. The largest absolute Gasteiger partial charge is 0.341 e. The van der Waals surface area contributed by atoms with Crippen molar-refractivity contribution in [2.45, 2.75) is 32.4 Å². The fourth-order valence-corrected chi connectivity index (χ4v) is 3.07. The molecule has 2 aromatic rings. The molecule has 0 atom stereocenters. The van der Waals surface area contributed by atoms with Crippen LogP contribution < -0.4 is 5.73 Å². The molecule has 0 unspecified atom stereocenters. The number of nitrogens with zero attached hydrogens (tertiary/aromatic N) is 4. The van der Waals surface area contributed by atoms with Crippen LogP contribution in [0.5, 0.6) is 0 Å². The molecule has 0 radical (unpaired) electrons. The molecule has 1 aromatic heterocycles. The van der Waals surface area contributed by atoms with E-state index in [1.54, 1.807) is 0 Å². The standard InChI is InChI=1S/C18H25N5O2/c19-13-17-20-16(21-25-17)14-22-9-4-10-23(12-11-22)18(24)8-7-15-5-2-1-3-6-15/h1-3,5-6H,4,7-14,19H2. The summed E-state index contributed by atoms with van der Waals surface area (Å²) in [6, 6.07) is 10.2. The lowest BCUT2D eigenvalue weighted by molar-refractivity contribution is -0.131. The minimum atomic E-state index is 0.232. The van der Waals surface area contributed by atoms with Gasteiger partial charge in [-0.25, -0.2) is 0 Å². The highest BCUT2D eigenvalue weighted by Gasteiger charge is 2.20. The van der Waals surface area contributed by atoms with Gasteiger partial charge in [0.15, 0.2) is 5.82 Å². The Morgan fingerprint density at radius 1 is 1.16 bits per heavy atom. The molecule has 2 N–H and O–H groups in total. The van der Waals surface area contributed by atoms with Crippen molar-refractivity contribution in [1.82, 2.24) is 19.9 Å². The third-order valence-corrected chi connectivity index (χ3v) is 4.46. The van der Waals surface area contributed by atoms with E-state index in [1.807, 2.05) is 23.1 Å². The summed E-state index contributed by atoms with van der Waals surface area (Å²) in [5.41, 5.74) is 6.70. The fraction of sp³-hybridized carbons (Fsp3) is 0.500. The number of carbonyl (C=O) groups is 1. The van der Waals surface area contributed by atoms with Crippen LogP contribution in [0.3, 0.4) is 0 Å². The maximum absolute atomic E-state index is 12.5. The van der Waals surface area contributed by atoms with E-state index in [0.29, 0.717) is 24.7 Å². The van der Waals surface area contributed by atoms with E-state index < -0.39 is 0 Å². The van der Waals surface area contributed by atoms with Crippen LogP contribution in [0.4, 0.5) is 0 Å². The molecule has 25 heavy (non-hydrogen) atoms. The van der Waals surface area contributed by atoms with Gasteiger partial charge in [0.2, 0.25) is 11.8 Å². The Kier molecular flexibility index (Phi) is 6.14. The molecule has 1 aromatic carbocycles. The Morgan fingerprint density at radius 3 is 2.76 bits per heavy atom. The van der Waals surface area contributed by atoms with E-state index >= 15 is 0 Å². The summed E-state index contributed by atoms with van der Waals surface area (Å²) in [7, 11) is 0. The molecule has 2 heterocycles. The van der Waals surface area contributed by atoms with E-state index in [2.05, 4.69) is 27.2 Å². The first kappa shape index (κ1) is 17.6. The molecule has 0 spiro atoms. The number of hydrogen-bond donors (Lipinski definition) is 1. The monoisotopic (exact) mass is 343 g/mol. The Balaban J connectivity index is 1.46. The maximum Gasteiger partial charge on any atom is 0.240 e. The first-order valence-electron chi connectivity index (χ1n) is 8.80. The van der Waals surface area contributed by atoms with Crippen molar-refractivity contribution < 1.29 is 9.32 Å². The Labute approximate surface area is 147 Å². The molecule has 7 nitrogen and oxygen atoms in total. The van der Waals surface area contributed by atoms with Gasteiger partial charge in [0.05, 0.1) is 13.1 Å². The molecule has 1 fully saturated rings. The van der Waals surface area contributed by atoms with Crippen molar-refractivity contribution in [2.75, 3.05) is 26.2 Å². The predicted molar refractivity (Wildman–Crippen MR) is 93.4 cm³/mol. The van der Waals surface area contributed by atoms with E-state index in [-0.39, 0.29) is 12.5 Å². The second-order valence-electron chi connectivity index (χ2n) is 6.30. The lowest BCUT2D eigenvalue weighted by Crippen LogP contribution is -2.35. The quantitative estimate of drug-likeness (QED) is 0.848. The van der Waals surface area contributed by atoms with Gasteiger partial charge in [-0.1, -0.05) is 35.5 Å². The highest BCUT2D eigenvalue weighted by molar-refractivity contribution is 5.76. The van der Waals surface area contributed by atoms with Crippen LogP contribution in [0, 0.1) is 0 Å².